The Bertz CT molecular complexity index is 1150. The van der Waals surface area contributed by atoms with Gasteiger partial charge in [0.25, 0.3) is 11.8 Å². The largest absolute Gasteiger partial charge is 0.371 e. The third-order valence-corrected chi connectivity index (χ3v) is 8.13. The summed E-state index contributed by atoms with van der Waals surface area (Å²) < 4.78 is 14.9. The van der Waals surface area contributed by atoms with Crippen molar-refractivity contribution >= 4 is 46.0 Å². The Balaban J connectivity index is 1.38. The standard InChI is InChI=1S/C25H30FIN6O2/c1-16-13-20(30-24(29-16)32-10-2-3-17(26)15-32)23(35)33(28)22(34)19-5-4-18(27)14-21(19)31-11-8-25(6-7-25)9-12-31/h4-5,13-14,17H,2-3,6-12,15,28H2,1H3. The molecule has 1 unspecified atom stereocenters. The van der Waals surface area contributed by atoms with Crippen molar-refractivity contribution in [2.45, 2.75) is 51.6 Å². The molecule has 8 nitrogen and oxygen atoms in total. The third-order valence-electron chi connectivity index (χ3n) is 7.46. The minimum absolute atomic E-state index is 0.0186. The van der Waals surface area contributed by atoms with E-state index in [1.54, 1.807) is 17.9 Å². The topological polar surface area (TPSA) is 95.7 Å². The summed E-state index contributed by atoms with van der Waals surface area (Å²) in [4.78, 5) is 39.4. The van der Waals surface area contributed by atoms with Crippen molar-refractivity contribution in [2.24, 2.45) is 11.3 Å². The number of nitrogens with zero attached hydrogens (tertiary/aromatic N) is 5. The molecule has 2 aliphatic heterocycles. The zero-order valence-corrected chi connectivity index (χ0v) is 22.0. The summed E-state index contributed by atoms with van der Waals surface area (Å²) in [6.07, 6.45) is 5.09. The number of nitrogens with two attached hydrogens (primary N) is 1. The predicted molar refractivity (Wildman–Crippen MR) is 140 cm³/mol. The molecule has 2 aromatic rings. The summed E-state index contributed by atoms with van der Waals surface area (Å²) in [6, 6.07) is 7.07. The Morgan fingerprint density at radius 3 is 2.51 bits per heavy atom. The van der Waals surface area contributed by atoms with Gasteiger partial charge in [0.05, 0.1) is 17.8 Å². The van der Waals surface area contributed by atoms with Gasteiger partial charge < -0.3 is 9.80 Å². The number of halogens is 2. The van der Waals surface area contributed by atoms with Crippen LogP contribution in [0.3, 0.4) is 0 Å². The molecule has 3 fully saturated rings. The Morgan fingerprint density at radius 2 is 1.83 bits per heavy atom. The van der Waals surface area contributed by atoms with E-state index in [0.29, 0.717) is 41.1 Å². The third kappa shape index (κ3) is 5.13. The molecule has 0 bridgehead atoms. The van der Waals surface area contributed by atoms with E-state index in [-0.39, 0.29) is 18.2 Å². The van der Waals surface area contributed by atoms with Gasteiger partial charge in [0, 0.05) is 28.9 Å². The fraction of sp³-hybridized carbons (Fsp3) is 0.520. The number of carbonyl (C=O) groups is 2. The van der Waals surface area contributed by atoms with Crippen LogP contribution in [0.1, 0.15) is 65.1 Å². The summed E-state index contributed by atoms with van der Waals surface area (Å²) in [7, 11) is 0. The molecule has 0 radical (unpaired) electrons. The van der Waals surface area contributed by atoms with Crippen LogP contribution in [0.2, 0.25) is 0 Å². The highest BCUT2D eigenvalue weighted by Gasteiger charge is 2.44. The SMILES string of the molecule is Cc1cc(C(=O)N(N)C(=O)c2ccc(I)cc2N2CCC3(CC2)CC3)nc(N2CCCC(F)C2)n1. The van der Waals surface area contributed by atoms with Crippen molar-refractivity contribution < 1.29 is 14.0 Å². The van der Waals surface area contributed by atoms with Crippen LogP contribution < -0.4 is 15.6 Å². The number of rotatable bonds is 4. The van der Waals surface area contributed by atoms with Gasteiger partial charge >= 0.3 is 0 Å². The fourth-order valence-corrected chi connectivity index (χ4v) is 5.58. The molecule has 5 rings (SSSR count). The van der Waals surface area contributed by atoms with Gasteiger partial charge in [-0.1, -0.05) is 0 Å². The number of amides is 2. The maximum Gasteiger partial charge on any atom is 0.293 e. The highest BCUT2D eigenvalue weighted by molar-refractivity contribution is 14.1. The monoisotopic (exact) mass is 592 g/mol. The van der Waals surface area contributed by atoms with E-state index in [1.165, 1.54) is 18.9 Å². The number of benzene rings is 1. The number of imide groups is 1. The Labute approximate surface area is 218 Å². The highest BCUT2D eigenvalue weighted by Crippen LogP contribution is 2.54. The van der Waals surface area contributed by atoms with Crippen molar-refractivity contribution in [3.63, 3.8) is 0 Å². The number of hydrogen-bond acceptors (Lipinski definition) is 7. The van der Waals surface area contributed by atoms with Gasteiger partial charge in [-0.3, -0.25) is 9.59 Å². The molecule has 1 saturated carbocycles. The smallest absolute Gasteiger partial charge is 0.293 e. The zero-order valence-electron chi connectivity index (χ0n) is 19.8. The van der Waals surface area contributed by atoms with Gasteiger partial charge in [-0.15, -0.1) is 0 Å². The van der Waals surface area contributed by atoms with Gasteiger partial charge in [0.1, 0.15) is 11.9 Å². The van der Waals surface area contributed by atoms with Crippen LogP contribution in [0.5, 0.6) is 0 Å². The van der Waals surface area contributed by atoms with Crippen LogP contribution in [-0.4, -0.2) is 59.1 Å². The van der Waals surface area contributed by atoms with Crippen LogP contribution >= 0.6 is 22.6 Å². The molecule has 1 aromatic carbocycles. The first kappa shape index (κ1) is 24.4. The summed E-state index contributed by atoms with van der Waals surface area (Å²) in [6.45, 7) is 4.32. The summed E-state index contributed by atoms with van der Waals surface area (Å²) in [5.41, 5.74) is 2.29. The number of piperidine rings is 2. The first-order chi connectivity index (χ1) is 16.7. The molecule has 1 aliphatic carbocycles. The number of hydrazine groups is 1. The molecular formula is C25H30FIN6O2. The van der Waals surface area contributed by atoms with E-state index in [4.69, 9.17) is 5.84 Å². The molecule has 35 heavy (non-hydrogen) atoms. The van der Waals surface area contributed by atoms with E-state index in [1.807, 2.05) is 12.1 Å². The van der Waals surface area contributed by atoms with Gasteiger partial charge in [0.2, 0.25) is 5.95 Å². The van der Waals surface area contributed by atoms with E-state index in [0.717, 1.165) is 35.2 Å². The van der Waals surface area contributed by atoms with Crippen LogP contribution in [0, 0.1) is 15.9 Å². The Kier molecular flexibility index (Phi) is 6.69. The molecule has 2 amide bonds. The van der Waals surface area contributed by atoms with Crippen molar-refractivity contribution in [1.29, 1.82) is 0 Å². The Morgan fingerprint density at radius 1 is 1.09 bits per heavy atom. The second-order valence-electron chi connectivity index (χ2n) is 10.0. The maximum atomic E-state index is 13.9. The van der Waals surface area contributed by atoms with Crippen LogP contribution in [-0.2, 0) is 0 Å². The Hall–Kier alpha value is -2.34. The lowest BCUT2D eigenvalue weighted by Gasteiger charge is -2.35. The first-order valence-electron chi connectivity index (χ1n) is 12.2. The quantitative estimate of drug-likeness (QED) is 0.190. The minimum atomic E-state index is -0.955. The second kappa shape index (κ2) is 9.61. The van der Waals surface area contributed by atoms with E-state index in [2.05, 4.69) is 37.5 Å². The minimum Gasteiger partial charge on any atom is -0.371 e. The van der Waals surface area contributed by atoms with E-state index >= 15 is 0 Å². The molecular weight excluding hydrogens is 562 g/mol. The number of aromatic nitrogens is 2. The normalized spacial score (nSPS) is 21.2. The van der Waals surface area contributed by atoms with Crippen LogP contribution in [0.15, 0.2) is 24.3 Å². The number of alkyl halides is 1. The molecule has 2 saturated heterocycles. The molecule has 10 heteroatoms. The number of carbonyl (C=O) groups excluding carboxylic acids is 2. The van der Waals surface area contributed by atoms with Gasteiger partial charge in [-0.25, -0.2) is 25.2 Å². The van der Waals surface area contributed by atoms with E-state index in [9.17, 15) is 14.0 Å². The van der Waals surface area contributed by atoms with Crippen LogP contribution in [0.25, 0.3) is 0 Å². The molecule has 2 N–H and O–H groups in total. The number of hydrogen-bond donors (Lipinski definition) is 1. The molecule has 1 atom stereocenters. The van der Waals surface area contributed by atoms with E-state index < -0.39 is 18.0 Å². The molecule has 186 valence electrons. The van der Waals surface area contributed by atoms with Crippen molar-refractivity contribution in [3.8, 4) is 0 Å². The fourth-order valence-electron chi connectivity index (χ4n) is 5.10. The molecule has 3 heterocycles. The lowest BCUT2D eigenvalue weighted by Crippen LogP contribution is -2.44. The lowest BCUT2D eigenvalue weighted by molar-refractivity contribution is 0.0612. The van der Waals surface area contributed by atoms with Crippen LogP contribution in [0.4, 0.5) is 16.0 Å². The zero-order chi connectivity index (χ0) is 24.7. The molecule has 1 spiro atoms. The molecule has 1 aromatic heterocycles. The second-order valence-corrected chi connectivity index (χ2v) is 11.3. The van der Waals surface area contributed by atoms with Crippen molar-refractivity contribution in [3.05, 3.63) is 44.8 Å². The van der Waals surface area contributed by atoms with Gasteiger partial charge in [0.15, 0.2) is 0 Å². The average Bonchev–Trinajstić information content (AvgIpc) is 3.61. The summed E-state index contributed by atoms with van der Waals surface area (Å²) >= 11 is 2.23. The van der Waals surface area contributed by atoms with Crippen molar-refractivity contribution in [2.75, 3.05) is 36.0 Å². The first-order valence-corrected chi connectivity index (χ1v) is 13.3. The van der Waals surface area contributed by atoms with Gasteiger partial charge in [-0.2, -0.15) is 0 Å². The number of aryl methyl sites for hydroxylation is 1. The molecule has 3 aliphatic rings. The highest BCUT2D eigenvalue weighted by atomic mass is 127. The summed E-state index contributed by atoms with van der Waals surface area (Å²) in [5, 5.41) is 0.637. The van der Waals surface area contributed by atoms with Gasteiger partial charge in [-0.05, 0) is 97.7 Å². The maximum absolute atomic E-state index is 13.9. The lowest BCUT2D eigenvalue weighted by atomic mass is 9.93. The number of anilines is 2. The predicted octanol–water partition coefficient (Wildman–Crippen LogP) is 3.86. The van der Waals surface area contributed by atoms with Crippen molar-refractivity contribution in [1.82, 2.24) is 15.0 Å². The average molecular weight is 592 g/mol. The summed E-state index contributed by atoms with van der Waals surface area (Å²) in [5.74, 6) is 5.09.